The molecule has 0 aromatic carbocycles. The molecule has 2 saturated heterocycles. The van der Waals surface area contributed by atoms with Crippen LogP contribution in [0.3, 0.4) is 0 Å². The fourth-order valence-electron chi connectivity index (χ4n) is 1.82. The van der Waals surface area contributed by atoms with Crippen molar-refractivity contribution in [1.82, 2.24) is 15.5 Å². The van der Waals surface area contributed by atoms with Crippen molar-refractivity contribution in [3.05, 3.63) is 0 Å². The van der Waals surface area contributed by atoms with Gasteiger partial charge in [-0.3, -0.25) is 9.69 Å². The molecule has 2 N–H and O–H groups in total. The quantitative estimate of drug-likeness (QED) is 0.636. The molecule has 0 aromatic heterocycles. The number of nitrogens with zero attached hydrogens (tertiary/aromatic N) is 1. The van der Waals surface area contributed by atoms with Gasteiger partial charge in [0.1, 0.15) is 0 Å². The zero-order chi connectivity index (χ0) is 10.1. The second-order valence-corrected chi connectivity index (χ2v) is 4.61. The van der Waals surface area contributed by atoms with E-state index in [-0.39, 0.29) is 11.8 Å². The Balaban J connectivity index is 1.65. The predicted molar refractivity (Wildman–Crippen MR) is 55.0 cm³/mol. The zero-order valence-corrected chi connectivity index (χ0v) is 8.92. The number of hydrogen-bond donors (Lipinski definition) is 2. The summed E-state index contributed by atoms with van der Waals surface area (Å²) < 4.78 is 0. The van der Waals surface area contributed by atoms with Gasteiger partial charge < -0.3 is 10.6 Å². The summed E-state index contributed by atoms with van der Waals surface area (Å²) in [6, 6.07) is 0.999. The average molecular weight is 197 g/mol. The number of amides is 1. The highest BCUT2D eigenvalue weighted by molar-refractivity contribution is 5.80. The first-order chi connectivity index (χ1) is 6.66. The van der Waals surface area contributed by atoms with Crippen molar-refractivity contribution in [1.29, 1.82) is 0 Å². The van der Waals surface area contributed by atoms with E-state index in [0.717, 1.165) is 26.2 Å². The van der Waals surface area contributed by atoms with E-state index in [2.05, 4.69) is 29.4 Å². The molecule has 2 heterocycles. The fourth-order valence-corrected chi connectivity index (χ4v) is 1.82. The lowest BCUT2D eigenvalue weighted by Gasteiger charge is -2.43. The number of carbonyl (C=O) groups excluding carboxylic acids is 1. The number of hydrogen-bond acceptors (Lipinski definition) is 3. The molecule has 4 nitrogen and oxygen atoms in total. The summed E-state index contributed by atoms with van der Waals surface area (Å²) in [5.74, 6) is 0.459. The first kappa shape index (κ1) is 9.93. The van der Waals surface area contributed by atoms with Gasteiger partial charge in [0.25, 0.3) is 0 Å². The highest BCUT2D eigenvalue weighted by atomic mass is 16.2. The van der Waals surface area contributed by atoms with E-state index in [4.69, 9.17) is 0 Å². The normalized spacial score (nSPS) is 24.5. The third kappa shape index (κ3) is 1.91. The monoisotopic (exact) mass is 197 g/mol. The van der Waals surface area contributed by atoms with E-state index >= 15 is 0 Å². The van der Waals surface area contributed by atoms with Gasteiger partial charge in [-0.05, 0) is 13.8 Å². The smallest absolute Gasteiger partial charge is 0.225 e. The lowest BCUT2D eigenvalue weighted by molar-refractivity contribution is -0.128. The molecule has 0 bridgehead atoms. The van der Waals surface area contributed by atoms with Gasteiger partial charge >= 0.3 is 0 Å². The summed E-state index contributed by atoms with van der Waals surface area (Å²) in [7, 11) is 0. The van der Waals surface area contributed by atoms with Crippen molar-refractivity contribution in [3.63, 3.8) is 0 Å². The molecule has 0 aromatic rings. The molecule has 14 heavy (non-hydrogen) atoms. The second kappa shape index (κ2) is 3.87. The molecule has 2 rings (SSSR count). The van der Waals surface area contributed by atoms with Crippen molar-refractivity contribution in [2.24, 2.45) is 5.92 Å². The standard InChI is InChI=1S/C10H19N3O/c1-7(2)13-5-9(6-13)12-10(14)8-3-11-4-8/h7-9,11H,3-6H2,1-2H3,(H,12,14). The third-order valence-corrected chi connectivity index (χ3v) is 3.14. The Labute approximate surface area is 85.0 Å². The molecule has 4 heteroatoms. The first-order valence-electron chi connectivity index (χ1n) is 5.42. The van der Waals surface area contributed by atoms with Gasteiger partial charge in [0, 0.05) is 32.2 Å². The van der Waals surface area contributed by atoms with Crippen LogP contribution in [0.2, 0.25) is 0 Å². The SMILES string of the molecule is CC(C)N1CC(NC(=O)C2CNC2)C1. The van der Waals surface area contributed by atoms with Gasteiger partial charge in [-0.25, -0.2) is 0 Å². The summed E-state index contributed by atoms with van der Waals surface area (Å²) >= 11 is 0. The number of nitrogens with one attached hydrogen (secondary N) is 2. The summed E-state index contributed by atoms with van der Waals surface area (Å²) in [5, 5.41) is 6.19. The molecule has 0 aliphatic carbocycles. The van der Waals surface area contributed by atoms with Crippen LogP contribution in [0.5, 0.6) is 0 Å². The Bertz CT molecular complexity index is 219. The molecular formula is C10H19N3O. The van der Waals surface area contributed by atoms with Crippen LogP contribution in [0.1, 0.15) is 13.8 Å². The van der Waals surface area contributed by atoms with E-state index in [0.29, 0.717) is 12.1 Å². The molecule has 0 atom stereocenters. The van der Waals surface area contributed by atoms with E-state index in [9.17, 15) is 4.79 Å². The Morgan fingerprint density at radius 1 is 1.43 bits per heavy atom. The summed E-state index contributed by atoms with van der Waals surface area (Å²) in [6.45, 7) is 8.12. The minimum absolute atomic E-state index is 0.225. The average Bonchev–Trinajstić information content (AvgIpc) is 1.91. The lowest BCUT2D eigenvalue weighted by Crippen LogP contribution is -2.63. The van der Waals surface area contributed by atoms with Crippen LogP contribution in [-0.4, -0.2) is 49.1 Å². The van der Waals surface area contributed by atoms with Crippen LogP contribution in [0.4, 0.5) is 0 Å². The van der Waals surface area contributed by atoms with Crippen LogP contribution in [0.15, 0.2) is 0 Å². The Kier molecular flexibility index (Phi) is 2.74. The highest BCUT2D eigenvalue weighted by Crippen LogP contribution is 2.12. The first-order valence-corrected chi connectivity index (χ1v) is 5.42. The number of rotatable bonds is 3. The molecular weight excluding hydrogens is 178 g/mol. The van der Waals surface area contributed by atoms with Crippen molar-refractivity contribution in [2.45, 2.75) is 25.9 Å². The molecule has 0 unspecified atom stereocenters. The van der Waals surface area contributed by atoms with Gasteiger partial charge in [-0.15, -0.1) is 0 Å². The molecule has 2 aliphatic rings. The summed E-state index contributed by atoms with van der Waals surface area (Å²) in [4.78, 5) is 13.9. The van der Waals surface area contributed by atoms with E-state index in [1.54, 1.807) is 0 Å². The van der Waals surface area contributed by atoms with Crippen molar-refractivity contribution in [2.75, 3.05) is 26.2 Å². The van der Waals surface area contributed by atoms with E-state index < -0.39 is 0 Å². The number of carbonyl (C=O) groups is 1. The van der Waals surface area contributed by atoms with Gasteiger partial charge in [0.2, 0.25) is 5.91 Å². The van der Waals surface area contributed by atoms with Gasteiger partial charge in [0.05, 0.1) is 12.0 Å². The van der Waals surface area contributed by atoms with Crippen LogP contribution in [-0.2, 0) is 4.79 Å². The minimum atomic E-state index is 0.225. The Hall–Kier alpha value is -0.610. The van der Waals surface area contributed by atoms with Crippen molar-refractivity contribution >= 4 is 5.91 Å². The van der Waals surface area contributed by atoms with Crippen molar-refractivity contribution < 1.29 is 4.79 Å². The zero-order valence-electron chi connectivity index (χ0n) is 8.92. The molecule has 0 radical (unpaired) electrons. The third-order valence-electron chi connectivity index (χ3n) is 3.14. The van der Waals surface area contributed by atoms with Crippen molar-refractivity contribution in [3.8, 4) is 0 Å². The predicted octanol–water partition coefficient (Wildman–Crippen LogP) is -0.585. The lowest BCUT2D eigenvalue weighted by atomic mass is 10.0. The second-order valence-electron chi connectivity index (χ2n) is 4.61. The maximum atomic E-state index is 11.5. The fraction of sp³-hybridized carbons (Fsp3) is 0.900. The van der Waals surface area contributed by atoms with Crippen LogP contribution in [0.25, 0.3) is 0 Å². The van der Waals surface area contributed by atoms with Crippen LogP contribution < -0.4 is 10.6 Å². The molecule has 0 spiro atoms. The van der Waals surface area contributed by atoms with E-state index in [1.165, 1.54) is 0 Å². The molecule has 80 valence electrons. The van der Waals surface area contributed by atoms with Gasteiger partial charge in [-0.1, -0.05) is 0 Å². The Morgan fingerprint density at radius 2 is 2.07 bits per heavy atom. The molecule has 2 fully saturated rings. The summed E-state index contributed by atoms with van der Waals surface area (Å²) in [6.07, 6.45) is 0. The Morgan fingerprint density at radius 3 is 2.50 bits per heavy atom. The topological polar surface area (TPSA) is 44.4 Å². The maximum Gasteiger partial charge on any atom is 0.225 e. The summed E-state index contributed by atoms with van der Waals surface area (Å²) in [5.41, 5.74) is 0. The van der Waals surface area contributed by atoms with E-state index in [1.807, 2.05) is 0 Å². The highest BCUT2D eigenvalue weighted by Gasteiger charge is 2.32. The minimum Gasteiger partial charge on any atom is -0.350 e. The van der Waals surface area contributed by atoms with Crippen LogP contribution >= 0.6 is 0 Å². The molecule has 0 saturated carbocycles. The molecule has 2 aliphatic heterocycles. The largest absolute Gasteiger partial charge is 0.350 e. The van der Waals surface area contributed by atoms with Crippen LogP contribution in [0, 0.1) is 5.92 Å². The molecule has 1 amide bonds. The number of likely N-dealkylation sites (tertiary alicyclic amines) is 1. The maximum absolute atomic E-state index is 11.5. The van der Waals surface area contributed by atoms with Gasteiger partial charge in [-0.2, -0.15) is 0 Å². The van der Waals surface area contributed by atoms with Gasteiger partial charge in [0.15, 0.2) is 0 Å².